The van der Waals surface area contributed by atoms with Crippen molar-refractivity contribution in [3.05, 3.63) is 59.5 Å². The standard InChI is InChI=1S/C22H24N4O4S2.C2HF3O2/c1-15-3-9-18(10-4-15)32(28,29)26-12-11-23-13-20(26)21(27)25-22-24-19(14-31-22)16-5-7-17(30-2)8-6-16;3-2(4,5)1(6)7/h3-10,14,20,23H,11-13H2,1-2H3,(H,24,25,27);(H,6,7). The number of carbonyl (C=O) groups is 2. The van der Waals surface area contributed by atoms with Gasteiger partial charge in [-0.1, -0.05) is 17.7 Å². The quantitative estimate of drug-likeness (QED) is 0.400. The van der Waals surface area contributed by atoms with Gasteiger partial charge in [0.1, 0.15) is 11.8 Å². The van der Waals surface area contributed by atoms with Crippen LogP contribution in [-0.2, 0) is 19.6 Å². The van der Waals surface area contributed by atoms with E-state index in [2.05, 4.69) is 15.6 Å². The van der Waals surface area contributed by atoms with Crippen LogP contribution in [-0.4, -0.2) is 73.7 Å². The molecule has 3 N–H and O–H groups in total. The van der Waals surface area contributed by atoms with E-state index in [1.54, 1.807) is 31.4 Å². The fourth-order valence-corrected chi connectivity index (χ4v) is 5.77. The number of piperazine rings is 1. The molecule has 1 aliphatic rings. The first kappa shape index (κ1) is 30.0. The molecule has 0 saturated carbocycles. The third-order valence-electron chi connectivity index (χ3n) is 5.49. The van der Waals surface area contributed by atoms with Crippen molar-refractivity contribution in [2.24, 2.45) is 0 Å². The van der Waals surface area contributed by atoms with E-state index in [4.69, 9.17) is 14.6 Å². The van der Waals surface area contributed by atoms with Gasteiger partial charge in [0, 0.05) is 30.6 Å². The summed E-state index contributed by atoms with van der Waals surface area (Å²) >= 11 is 1.29. The summed E-state index contributed by atoms with van der Waals surface area (Å²) in [5, 5.41) is 15.3. The lowest BCUT2D eigenvalue weighted by atomic mass is 10.2. The van der Waals surface area contributed by atoms with Crippen LogP contribution in [0, 0.1) is 6.92 Å². The summed E-state index contributed by atoms with van der Waals surface area (Å²) in [5.41, 5.74) is 2.58. The lowest BCUT2D eigenvalue weighted by Crippen LogP contribution is -2.58. The normalized spacial score (nSPS) is 16.1. The smallest absolute Gasteiger partial charge is 0.490 e. The van der Waals surface area contributed by atoms with E-state index in [1.165, 1.54) is 15.6 Å². The molecular formula is C24H25F3N4O6S2. The van der Waals surface area contributed by atoms with Gasteiger partial charge in [0.05, 0.1) is 17.7 Å². The van der Waals surface area contributed by atoms with Gasteiger partial charge in [-0.2, -0.15) is 17.5 Å². The minimum atomic E-state index is -5.08. The molecule has 1 aromatic heterocycles. The summed E-state index contributed by atoms with van der Waals surface area (Å²) in [6.45, 7) is 2.82. The Morgan fingerprint density at radius 1 is 1.15 bits per heavy atom. The van der Waals surface area contributed by atoms with E-state index in [1.807, 2.05) is 36.6 Å². The Kier molecular flexibility index (Phi) is 9.66. The summed E-state index contributed by atoms with van der Waals surface area (Å²) in [4.78, 5) is 26.6. The highest BCUT2D eigenvalue weighted by Gasteiger charge is 2.39. The number of alkyl halides is 3. The number of carboxylic acids is 1. The van der Waals surface area contributed by atoms with Gasteiger partial charge in [0.25, 0.3) is 0 Å². The molecule has 0 bridgehead atoms. The van der Waals surface area contributed by atoms with Crippen LogP contribution in [0.1, 0.15) is 5.56 Å². The molecule has 15 heteroatoms. The fourth-order valence-electron chi connectivity index (χ4n) is 3.46. The first-order valence-electron chi connectivity index (χ1n) is 11.3. The van der Waals surface area contributed by atoms with Gasteiger partial charge in [-0.3, -0.25) is 4.79 Å². The van der Waals surface area contributed by atoms with E-state index in [0.717, 1.165) is 22.6 Å². The molecule has 0 spiro atoms. The molecule has 4 rings (SSSR count). The highest BCUT2D eigenvalue weighted by Crippen LogP contribution is 2.27. The number of thiazole rings is 1. The van der Waals surface area contributed by atoms with Crippen LogP contribution < -0.4 is 15.4 Å². The second kappa shape index (κ2) is 12.5. The Hall–Kier alpha value is -3.53. The van der Waals surface area contributed by atoms with Crippen LogP contribution >= 0.6 is 11.3 Å². The number of hydrogen-bond acceptors (Lipinski definition) is 8. The number of ether oxygens (including phenoxy) is 1. The number of carboxylic acid groups (broad SMARTS) is 1. The van der Waals surface area contributed by atoms with Crippen LogP contribution in [0.15, 0.2) is 58.8 Å². The lowest BCUT2D eigenvalue weighted by Gasteiger charge is -2.33. The zero-order valence-electron chi connectivity index (χ0n) is 20.7. The number of methoxy groups -OCH3 is 1. The fraction of sp³-hybridized carbons (Fsp3) is 0.292. The molecule has 1 amide bonds. The first-order chi connectivity index (χ1) is 18.3. The van der Waals surface area contributed by atoms with E-state index in [-0.39, 0.29) is 18.0 Å². The average molecular weight is 587 g/mol. The van der Waals surface area contributed by atoms with Crippen molar-refractivity contribution in [3.63, 3.8) is 0 Å². The maximum absolute atomic E-state index is 13.2. The molecule has 0 aliphatic carbocycles. The first-order valence-corrected chi connectivity index (χ1v) is 13.6. The Balaban J connectivity index is 0.000000532. The molecule has 1 unspecified atom stereocenters. The molecular weight excluding hydrogens is 561 g/mol. The zero-order chi connectivity index (χ0) is 28.8. The number of nitrogens with one attached hydrogen (secondary N) is 2. The van der Waals surface area contributed by atoms with Gasteiger partial charge < -0.3 is 20.5 Å². The summed E-state index contributed by atoms with van der Waals surface area (Å²) in [5.74, 6) is -2.42. The molecule has 10 nitrogen and oxygen atoms in total. The number of aliphatic carboxylic acids is 1. The second-order valence-electron chi connectivity index (χ2n) is 8.21. The van der Waals surface area contributed by atoms with Crippen LogP contribution in [0.2, 0.25) is 0 Å². The van der Waals surface area contributed by atoms with Crippen LogP contribution in [0.5, 0.6) is 5.75 Å². The summed E-state index contributed by atoms with van der Waals surface area (Å²) in [7, 11) is -2.20. The predicted molar refractivity (Wildman–Crippen MR) is 138 cm³/mol. The monoisotopic (exact) mass is 586 g/mol. The lowest BCUT2D eigenvalue weighted by molar-refractivity contribution is -0.192. The maximum atomic E-state index is 13.2. The summed E-state index contributed by atoms with van der Waals surface area (Å²) < 4.78 is 64.6. The van der Waals surface area contributed by atoms with Crippen LogP contribution in [0.4, 0.5) is 18.3 Å². The number of aryl methyl sites for hydroxylation is 1. The highest BCUT2D eigenvalue weighted by atomic mass is 32.2. The molecule has 2 aromatic carbocycles. The predicted octanol–water partition coefficient (Wildman–Crippen LogP) is 3.36. The van der Waals surface area contributed by atoms with Gasteiger partial charge in [-0.05, 0) is 43.3 Å². The van der Waals surface area contributed by atoms with Crippen molar-refractivity contribution < 1.29 is 41.0 Å². The molecule has 1 fully saturated rings. The van der Waals surface area contributed by atoms with Crippen LogP contribution in [0.25, 0.3) is 11.3 Å². The Bertz CT molecular complexity index is 1390. The zero-order valence-corrected chi connectivity index (χ0v) is 22.4. The number of hydrogen-bond donors (Lipinski definition) is 3. The molecule has 39 heavy (non-hydrogen) atoms. The molecule has 1 aliphatic heterocycles. The van der Waals surface area contributed by atoms with E-state index in [9.17, 15) is 26.4 Å². The van der Waals surface area contributed by atoms with Crippen molar-refractivity contribution in [3.8, 4) is 17.0 Å². The van der Waals surface area contributed by atoms with E-state index >= 15 is 0 Å². The van der Waals surface area contributed by atoms with E-state index < -0.39 is 34.1 Å². The van der Waals surface area contributed by atoms with E-state index in [0.29, 0.717) is 11.7 Å². The van der Waals surface area contributed by atoms with Crippen molar-refractivity contribution >= 4 is 38.4 Å². The van der Waals surface area contributed by atoms with Crippen molar-refractivity contribution in [1.82, 2.24) is 14.6 Å². The Morgan fingerprint density at radius 3 is 2.33 bits per heavy atom. The molecule has 2 heterocycles. The maximum Gasteiger partial charge on any atom is 0.490 e. The van der Waals surface area contributed by atoms with Gasteiger partial charge in [-0.15, -0.1) is 11.3 Å². The summed E-state index contributed by atoms with van der Waals surface area (Å²) in [6, 6.07) is 13.2. The average Bonchev–Trinajstić information content (AvgIpc) is 3.37. The minimum Gasteiger partial charge on any atom is -0.497 e. The number of aromatic nitrogens is 1. The van der Waals surface area contributed by atoms with Gasteiger partial charge in [0.15, 0.2) is 5.13 Å². The van der Waals surface area contributed by atoms with Crippen molar-refractivity contribution in [2.45, 2.75) is 24.0 Å². The number of benzene rings is 2. The number of carbonyl (C=O) groups excluding carboxylic acids is 1. The number of nitrogens with zero attached hydrogens (tertiary/aromatic N) is 2. The SMILES string of the molecule is COc1ccc(-c2csc(NC(=O)C3CNCCN3S(=O)(=O)c3ccc(C)cc3)n2)cc1.O=C(O)C(F)(F)F. The molecule has 3 aromatic rings. The van der Waals surface area contributed by atoms with Crippen molar-refractivity contribution in [1.29, 1.82) is 0 Å². The number of anilines is 1. The van der Waals surface area contributed by atoms with Gasteiger partial charge >= 0.3 is 12.1 Å². The molecule has 1 saturated heterocycles. The number of rotatable bonds is 6. The number of halogens is 3. The summed E-state index contributed by atoms with van der Waals surface area (Å²) in [6.07, 6.45) is -5.08. The molecule has 210 valence electrons. The minimum absolute atomic E-state index is 0.179. The largest absolute Gasteiger partial charge is 0.497 e. The second-order valence-corrected chi connectivity index (χ2v) is 11.0. The number of amides is 1. The Labute approximate surface area is 226 Å². The van der Waals surface area contributed by atoms with Gasteiger partial charge in [-0.25, -0.2) is 18.2 Å². The van der Waals surface area contributed by atoms with Gasteiger partial charge in [0.2, 0.25) is 15.9 Å². The van der Waals surface area contributed by atoms with Crippen LogP contribution in [0.3, 0.4) is 0 Å². The molecule has 0 radical (unpaired) electrons. The third kappa shape index (κ3) is 7.75. The molecule has 1 atom stereocenters. The highest BCUT2D eigenvalue weighted by molar-refractivity contribution is 7.89. The Morgan fingerprint density at radius 2 is 1.77 bits per heavy atom. The topological polar surface area (TPSA) is 138 Å². The third-order valence-corrected chi connectivity index (χ3v) is 8.17. The number of sulfonamides is 1. The van der Waals surface area contributed by atoms with Crippen molar-refractivity contribution in [2.75, 3.05) is 32.1 Å².